The van der Waals surface area contributed by atoms with Crippen LogP contribution in [0.15, 0.2) is 41.2 Å². The Labute approximate surface area is 112 Å². The van der Waals surface area contributed by atoms with Gasteiger partial charge >= 0.3 is 0 Å². The maximum absolute atomic E-state index is 12.1. The van der Waals surface area contributed by atoms with Crippen molar-refractivity contribution in [1.29, 1.82) is 5.26 Å². The Kier molecular flexibility index (Phi) is 3.82. The van der Waals surface area contributed by atoms with Crippen molar-refractivity contribution in [3.63, 3.8) is 0 Å². The summed E-state index contributed by atoms with van der Waals surface area (Å²) in [6.45, 7) is 2.11. The monoisotopic (exact) mass is 252 g/mol. The topological polar surface area (TPSA) is 45.8 Å². The highest BCUT2D eigenvalue weighted by atomic mass is 16.1. The van der Waals surface area contributed by atoms with Crippen LogP contribution >= 0.6 is 0 Å². The summed E-state index contributed by atoms with van der Waals surface area (Å²) in [6, 6.07) is 13.9. The zero-order chi connectivity index (χ0) is 13.8. The molecule has 2 aromatic rings. The molecule has 0 fully saturated rings. The summed E-state index contributed by atoms with van der Waals surface area (Å²) < 4.78 is 1.60. The number of nitriles is 1. The van der Waals surface area contributed by atoms with E-state index in [4.69, 9.17) is 5.26 Å². The Morgan fingerprint density at radius 1 is 1.16 bits per heavy atom. The van der Waals surface area contributed by atoms with Crippen LogP contribution in [0.5, 0.6) is 0 Å². The summed E-state index contributed by atoms with van der Waals surface area (Å²) in [6.07, 6.45) is 1.15. The molecule has 0 N–H and O–H groups in total. The highest BCUT2D eigenvalue weighted by molar-refractivity contribution is 5.60. The quantitative estimate of drug-likeness (QED) is 0.843. The second-order valence-corrected chi connectivity index (χ2v) is 4.49. The summed E-state index contributed by atoms with van der Waals surface area (Å²) in [4.78, 5) is 12.1. The standard InChI is InChI=1S/C16H16N2O/c1-3-12-4-6-13(7-5-12)15-9-8-14(10-11-17)16(19)18(15)2/h4-9H,3,10H2,1-2H3. The molecule has 0 aliphatic rings. The van der Waals surface area contributed by atoms with Crippen LogP contribution in [0.1, 0.15) is 18.1 Å². The molecule has 0 aliphatic heterocycles. The first-order valence-electron chi connectivity index (χ1n) is 6.32. The van der Waals surface area contributed by atoms with Crippen LogP contribution in [0.25, 0.3) is 11.3 Å². The van der Waals surface area contributed by atoms with Gasteiger partial charge in [0.05, 0.1) is 18.2 Å². The van der Waals surface area contributed by atoms with Gasteiger partial charge in [-0.25, -0.2) is 0 Å². The van der Waals surface area contributed by atoms with Crippen molar-refractivity contribution < 1.29 is 0 Å². The number of pyridine rings is 1. The normalized spacial score (nSPS) is 10.2. The minimum atomic E-state index is -0.0985. The maximum atomic E-state index is 12.1. The van der Waals surface area contributed by atoms with E-state index in [0.29, 0.717) is 5.56 Å². The van der Waals surface area contributed by atoms with Crippen LogP contribution in [-0.4, -0.2) is 4.57 Å². The van der Waals surface area contributed by atoms with Gasteiger partial charge in [-0.15, -0.1) is 0 Å². The van der Waals surface area contributed by atoms with Gasteiger partial charge in [-0.2, -0.15) is 5.26 Å². The number of hydrogen-bond donors (Lipinski definition) is 0. The first-order valence-corrected chi connectivity index (χ1v) is 6.32. The van der Waals surface area contributed by atoms with Gasteiger partial charge in [0.2, 0.25) is 0 Å². The molecule has 0 amide bonds. The summed E-state index contributed by atoms with van der Waals surface area (Å²) in [5, 5.41) is 8.68. The van der Waals surface area contributed by atoms with Crippen molar-refractivity contribution in [2.75, 3.05) is 0 Å². The zero-order valence-corrected chi connectivity index (χ0v) is 11.2. The predicted octanol–water partition coefficient (Wildman–Crippen LogP) is 2.68. The molecule has 0 unspecified atom stereocenters. The number of rotatable bonds is 3. The molecule has 1 heterocycles. The number of nitrogens with zero attached hydrogens (tertiary/aromatic N) is 2. The maximum Gasteiger partial charge on any atom is 0.255 e. The Morgan fingerprint density at radius 3 is 2.42 bits per heavy atom. The zero-order valence-electron chi connectivity index (χ0n) is 11.2. The summed E-state index contributed by atoms with van der Waals surface area (Å²) >= 11 is 0. The fraction of sp³-hybridized carbons (Fsp3) is 0.250. The van der Waals surface area contributed by atoms with Gasteiger partial charge in [0, 0.05) is 12.6 Å². The Hall–Kier alpha value is -2.34. The van der Waals surface area contributed by atoms with Crippen molar-refractivity contribution in [3.8, 4) is 17.3 Å². The second-order valence-electron chi connectivity index (χ2n) is 4.49. The molecular weight excluding hydrogens is 236 g/mol. The van der Waals surface area contributed by atoms with E-state index in [0.717, 1.165) is 17.7 Å². The van der Waals surface area contributed by atoms with Crippen molar-refractivity contribution in [1.82, 2.24) is 4.57 Å². The SMILES string of the molecule is CCc1ccc(-c2ccc(CC#N)c(=O)n2C)cc1. The molecule has 0 saturated carbocycles. The van der Waals surface area contributed by atoms with Gasteiger partial charge in [-0.1, -0.05) is 37.3 Å². The minimum absolute atomic E-state index is 0.0985. The fourth-order valence-electron chi connectivity index (χ4n) is 2.11. The van der Waals surface area contributed by atoms with Gasteiger partial charge in [-0.3, -0.25) is 4.79 Å². The van der Waals surface area contributed by atoms with E-state index in [-0.39, 0.29) is 12.0 Å². The molecule has 0 spiro atoms. The predicted molar refractivity (Wildman–Crippen MR) is 75.8 cm³/mol. The van der Waals surface area contributed by atoms with E-state index in [9.17, 15) is 4.79 Å². The third-order valence-corrected chi connectivity index (χ3v) is 3.31. The molecule has 3 nitrogen and oxygen atoms in total. The summed E-state index contributed by atoms with van der Waals surface area (Å²) in [5.41, 5.74) is 3.60. The van der Waals surface area contributed by atoms with Crippen LogP contribution < -0.4 is 5.56 Å². The lowest BCUT2D eigenvalue weighted by Gasteiger charge is -2.10. The minimum Gasteiger partial charge on any atom is -0.311 e. The molecular formula is C16H16N2O. The number of hydrogen-bond acceptors (Lipinski definition) is 2. The van der Waals surface area contributed by atoms with Gasteiger partial charge in [0.25, 0.3) is 5.56 Å². The molecule has 0 aliphatic carbocycles. The average Bonchev–Trinajstić information content (AvgIpc) is 2.45. The number of benzene rings is 1. The van der Waals surface area contributed by atoms with Crippen LogP contribution in [0.3, 0.4) is 0 Å². The molecule has 1 aromatic carbocycles. The molecule has 0 atom stereocenters. The van der Waals surface area contributed by atoms with E-state index >= 15 is 0 Å². The molecule has 0 bridgehead atoms. The summed E-state index contributed by atoms with van der Waals surface area (Å²) in [5.74, 6) is 0. The number of aryl methyl sites for hydroxylation is 1. The van der Waals surface area contributed by atoms with E-state index in [1.54, 1.807) is 17.7 Å². The Bertz CT molecular complexity index is 675. The van der Waals surface area contributed by atoms with Crippen molar-refractivity contribution in [2.45, 2.75) is 19.8 Å². The van der Waals surface area contributed by atoms with E-state index in [1.807, 2.05) is 24.3 Å². The average molecular weight is 252 g/mol. The molecule has 96 valence electrons. The van der Waals surface area contributed by atoms with Gasteiger partial charge in [0.1, 0.15) is 0 Å². The van der Waals surface area contributed by atoms with Gasteiger partial charge in [-0.05, 0) is 23.6 Å². The van der Waals surface area contributed by atoms with Gasteiger partial charge < -0.3 is 4.57 Å². The highest BCUT2D eigenvalue weighted by Gasteiger charge is 2.07. The van der Waals surface area contributed by atoms with E-state index in [2.05, 4.69) is 19.1 Å². The molecule has 0 saturated heterocycles. The first kappa shape index (κ1) is 13.1. The molecule has 19 heavy (non-hydrogen) atoms. The van der Waals surface area contributed by atoms with Gasteiger partial charge in [0.15, 0.2) is 0 Å². The lowest BCUT2D eigenvalue weighted by molar-refractivity contribution is 0.852. The fourth-order valence-corrected chi connectivity index (χ4v) is 2.11. The van der Waals surface area contributed by atoms with E-state index < -0.39 is 0 Å². The summed E-state index contributed by atoms with van der Waals surface area (Å²) in [7, 11) is 1.74. The molecule has 1 aromatic heterocycles. The van der Waals surface area contributed by atoms with Crippen LogP contribution in [0.2, 0.25) is 0 Å². The Morgan fingerprint density at radius 2 is 1.84 bits per heavy atom. The van der Waals surface area contributed by atoms with Crippen molar-refractivity contribution >= 4 is 0 Å². The first-order chi connectivity index (χ1) is 9.17. The van der Waals surface area contributed by atoms with Crippen molar-refractivity contribution in [2.24, 2.45) is 7.05 Å². The lowest BCUT2D eigenvalue weighted by atomic mass is 10.1. The van der Waals surface area contributed by atoms with Crippen molar-refractivity contribution in [3.05, 3.63) is 57.9 Å². The number of aromatic nitrogens is 1. The lowest BCUT2D eigenvalue weighted by Crippen LogP contribution is -2.21. The third kappa shape index (κ3) is 2.58. The van der Waals surface area contributed by atoms with Crippen LogP contribution in [0, 0.1) is 11.3 Å². The molecule has 3 heteroatoms. The Balaban J connectivity index is 2.48. The largest absolute Gasteiger partial charge is 0.311 e. The van der Waals surface area contributed by atoms with Crippen LogP contribution in [-0.2, 0) is 19.9 Å². The highest BCUT2D eigenvalue weighted by Crippen LogP contribution is 2.18. The third-order valence-electron chi connectivity index (χ3n) is 3.31. The van der Waals surface area contributed by atoms with Crippen LogP contribution in [0.4, 0.5) is 0 Å². The smallest absolute Gasteiger partial charge is 0.255 e. The molecule has 0 radical (unpaired) electrons. The van der Waals surface area contributed by atoms with E-state index in [1.165, 1.54) is 5.56 Å². The molecule has 2 rings (SSSR count). The second kappa shape index (κ2) is 5.53.